The number of carbonyl (C=O) groups excluding carboxylic acids is 1. The van der Waals surface area contributed by atoms with Crippen LogP contribution in [0.15, 0.2) is 48.0 Å². The third kappa shape index (κ3) is 3.93. The van der Waals surface area contributed by atoms with Crippen LogP contribution in [0.25, 0.3) is 11.3 Å². The highest BCUT2D eigenvalue weighted by atomic mass is 32.2. The molecule has 3 aromatic rings. The van der Waals surface area contributed by atoms with Gasteiger partial charge >= 0.3 is 0 Å². The molecule has 1 amide bonds. The molecule has 0 aliphatic rings. The normalized spacial score (nSPS) is 10.5. The van der Waals surface area contributed by atoms with Gasteiger partial charge in [-0.2, -0.15) is 0 Å². The number of carbonyl (C=O) groups is 1. The van der Waals surface area contributed by atoms with E-state index in [0.29, 0.717) is 11.7 Å². The number of tetrazole rings is 1. The number of aryl methyl sites for hydroxylation is 1. The van der Waals surface area contributed by atoms with E-state index in [-0.39, 0.29) is 11.7 Å². The summed E-state index contributed by atoms with van der Waals surface area (Å²) in [5.74, 6) is 0.153. The minimum absolute atomic E-state index is 0.0935. The van der Waals surface area contributed by atoms with Crippen molar-refractivity contribution in [1.82, 2.24) is 35.5 Å². The number of pyridine rings is 2. The average Bonchev–Trinajstić information content (AvgIpc) is 3.04. The molecule has 1 N–H and O–H groups in total. The molecule has 0 aliphatic heterocycles. The van der Waals surface area contributed by atoms with Crippen molar-refractivity contribution in [3.8, 4) is 11.3 Å². The Morgan fingerprint density at radius 2 is 2.17 bits per heavy atom. The van der Waals surface area contributed by atoms with E-state index in [4.69, 9.17) is 0 Å². The molecule has 3 aromatic heterocycles. The maximum absolute atomic E-state index is 12.0. The quantitative estimate of drug-likeness (QED) is 0.670. The first kappa shape index (κ1) is 16.1. The van der Waals surface area contributed by atoms with Crippen molar-refractivity contribution in [3.05, 3.63) is 48.4 Å². The van der Waals surface area contributed by atoms with Gasteiger partial charge in [0.05, 0.1) is 11.4 Å². The summed E-state index contributed by atoms with van der Waals surface area (Å²) in [6.07, 6.45) is 5.20. The summed E-state index contributed by atoms with van der Waals surface area (Å²) in [6, 6.07) is 7.59. The van der Waals surface area contributed by atoms with Crippen LogP contribution in [0.3, 0.4) is 0 Å². The molecule has 3 rings (SSSR count). The van der Waals surface area contributed by atoms with E-state index < -0.39 is 0 Å². The number of hydrogen-bond donors (Lipinski definition) is 1. The Kier molecular flexibility index (Phi) is 5.12. The summed E-state index contributed by atoms with van der Waals surface area (Å²) in [5, 5.41) is 14.6. The fourth-order valence-corrected chi connectivity index (χ4v) is 2.74. The van der Waals surface area contributed by atoms with E-state index in [1.54, 1.807) is 25.6 Å². The first-order valence-corrected chi connectivity index (χ1v) is 8.19. The van der Waals surface area contributed by atoms with Gasteiger partial charge in [0.2, 0.25) is 11.1 Å². The molecule has 24 heavy (non-hydrogen) atoms. The molecule has 0 bridgehead atoms. The monoisotopic (exact) mass is 341 g/mol. The molecule has 0 saturated carbocycles. The second-order valence-corrected chi connectivity index (χ2v) is 5.85. The van der Waals surface area contributed by atoms with Crippen LogP contribution >= 0.6 is 11.8 Å². The van der Waals surface area contributed by atoms with Gasteiger partial charge < -0.3 is 5.32 Å². The number of amides is 1. The summed E-state index contributed by atoms with van der Waals surface area (Å²) >= 11 is 1.29. The SMILES string of the molecule is Cn1nnnc1SCC(=O)NCc1cccnc1-c1cccnc1. The lowest BCUT2D eigenvalue weighted by Crippen LogP contribution is -2.25. The second-order valence-electron chi connectivity index (χ2n) is 4.90. The molecule has 122 valence electrons. The highest BCUT2D eigenvalue weighted by Crippen LogP contribution is 2.20. The first-order valence-electron chi connectivity index (χ1n) is 7.20. The fraction of sp³-hybridized carbons (Fsp3) is 0.200. The predicted octanol–water partition coefficient (Wildman–Crippen LogP) is 1.08. The van der Waals surface area contributed by atoms with Crippen molar-refractivity contribution in [1.29, 1.82) is 0 Å². The highest BCUT2D eigenvalue weighted by molar-refractivity contribution is 7.99. The Morgan fingerprint density at radius 3 is 2.92 bits per heavy atom. The van der Waals surface area contributed by atoms with Gasteiger partial charge in [-0.1, -0.05) is 17.8 Å². The van der Waals surface area contributed by atoms with Gasteiger partial charge in [-0.15, -0.1) is 5.10 Å². The summed E-state index contributed by atoms with van der Waals surface area (Å²) in [4.78, 5) is 20.5. The largest absolute Gasteiger partial charge is 0.351 e. The number of nitrogens with zero attached hydrogens (tertiary/aromatic N) is 6. The molecule has 0 fully saturated rings. The number of rotatable bonds is 6. The lowest BCUT2D eigenvalue weighted by Gasteiger charge is -2.09. The Hall–Kier alpha value is -2.81. The van der Waals surface area contributed by atoms with Gasteiger partial charge in [0.15, 0.2) is 0 Å². The molecule has 0 atom stereocenters. The fourth-order valence-electron chi connectivity index (χ4n) is 2.06. The number of aromatic nitrogens is 6. The van der Waals surface area contributed by atoms with Gasteiger partial charge in [0.1, 0.15) is 0 Å². The lowest BCUT2D eigenvalue weighted by atomic mass is 10.1. The minimum atomic E-state index is -0.0935. The van der Waals surface area contributed by atoms with Crippen molar-refractivity contribution in [2.75, 3.05) is 5.75 Å². The average molecular weight is 341 g/mol. The summed E-state index contributed by atoms with van der Waals surface area (Å²) in [7, 11) is 1.73. The van der Waals surface area contributed by atoms with Gasteiger partial charge in [0.25, 0.3) is 0 Å². The highest BCUT2D eigenvalue weighted by Gasteiger charge is 2.10. The Balaban J connectivity index is 1.61. The van der Waals surface area contributed by atoms with Crippen molar-refractivity contribution in [2.24, 2.45) is 7.05 Å². The summed E-state index contributed by atoms with van der Waals surface area (Å²) in [5.41, 5.74) is 2.67. The number of thioether (sulfide) groups is 1. The molecule has 0 radical (unpaired) electrons. The molecule has 0 spiro atoms. The van der Waals surface area contributed by atoms with Crippen LogP contribution < -0.4 is 5.32 Å². The molecular formula is C15H15N7OS. The Morgan fingerprint density at radius 1 is 1.29 bits per heavy atom. The van der Waals surface area contributed by atoms with Gasteiger partial charge in [-0.05, 0) is 34.2 Å². The molecule has 0 aromatic carbocycles. The van der Waals surface area contributed by atoms with E-state index in [1.807, 2.05) is 24.3 Å². The molecule has 9 heteroatoms. The summed E-state index contributed by atoms with van der Waals surface area (Å²) < 4.78 is 1.53. The van der Waals surface area contributed by atoms with Crippen LogP contribution in [0.2, 0.25) is 0 Å². The maximum atomic E-state index is 12.0. The van der Waals surface area contributed by atoms with E-state index in [9.17, 15) is 4.79 Å². The predicted molar refractivity (Wildman–Crippen MR) is 88.8 cm³/mol. The van der Waals surface area contributed by atoms with E-state index in [1.165, 1.54) is 16.4 Å². The zero-order valence-corrected chi connectivity index (χ0v) is 13.8. The van der Waals surface area contributed by atoms with Gasteiger partial charge in [-0.3, -0.25) is 14.8 Å². The maximum Gasteiger partial charge on any atom is 0.230 e. The van der Waals surface area contributed by atoms with Crippen LogP contribution in [-0.2, 0) is 18.4 Å². The van der Waals surface area contributed by atoms with E-state index in [0.717, 1.165) is 16.8 Å². The lowest BCUT2D eigenvalue weighted by molar-refractivity contribution is -0.118. The van der Waals surface area contributed by atoms with E-state index >= 15 is 0 Å². The van der Waals surface area contributed by atoms with Gasteiger partial charge in [-0.25, -0.2) is 4.68 Å². The topological polar surface area (TPSA) is 98.5 Å². The third-order valence-corrected chi connectivity index (χ3v) is 4.23. The molecule has 8 nitrogen and oxygen atoms in total. The zero-order chi connectivity index (χ0) is 16.8. The third-order valence-electron chi connectivity index (χ3n) is 3.22. The molecule has 0 unspecified atom stereocenters. The summed E-state index contributed by atoms with van der Waals surface area (Å²) in [6.45, 7) is 0.397. The minimum Gasteiger partial charge on any atom is -0.351 e. The Labute approximate surface area is 142 Å². The zero-order valence-electron chi connectivity index (χ0n) is 13.0. The molecule has 0 saturated heterocycles. The smallest absolute Gasteiger partial charge is 0.230 e. The van der Waals surface area contributed by atoms with Crippen LogP contribution in [0.4, 0.5) is 0 Å². The van der Waals surface area contributed by atoms with Crippen LogP contribution in [0.1, 0.15) is 5.56 Å². The standard InChI is InChI=1S/C15H15N7OS/c1-22-15(19-20-21-22)24-10-13(23)18-9-12-5-3-7-17-14(12)11-4-2-6-16-8-11/h2-8H,9-10H2,1H3,(H,18,23). The molecular weight excluding hydrogens is 326 g/mol. The van der Waals surface area contributed by atoms with E-state index in [2.05, 4.69) is 30.8 Å². The van der Waals surface area contributed by atoms with Crippen LogP contribution in [0.5, 0.6) is 0 Å². The van der Waals surface area contributed by atoms with Crippen molar-refractivity contribution in [3.63, 3.8) is 0 Å². The molecule has 0 aliphatic carbocycles. The van der Waals surface area contributed by atoms with Gasteiger partial charge in [0, 0.05) is 37.7 Å². The number of hydrogen-bond acceptors (Lipinski definition) is 7. The first-order chi connectivity index (χ1) is 11.7. The number of nitrogens with one attached hydrogen (secondary N) is 1. The van der Waals surface area contributed by atoms with Crippen molar-refractivity contribution < 1.29 is 4.79 Å². The van der Waals surface area contributed by atoms with Crippen molar-refractivity contribution in [2.45, 2.75) is 11.7 Å². The Bertz CT molecular complexity index is 821. The van der Waals surface area contributed by atoms with Crippen LogP contribution in [-0.4, -0.2) is 41.8 Å². The van der Waals surface area contributed by atoms with Crippen LogP contribution in [0, 0.1) is 0 Å². The van der Waals surface area contributed by atoms with Crippen molar-refractivity contribution >= 4 is 17.7 Å². The second kappa shape index (κ2) is 7.64. The molecule has 3 heterocycles.